The van der Waals surface area contributed by atoms with Crippen molar-refractivity contribution in [2.45, 2.75) is 12.8 Å². The van der Waals surface area contributed by atoms with E-state index in [0.29, 0.717) is 5.88 Å². The molecule has 3 heteroatoms. The number of benzene rings is 2. The number of aryl methyl sites for hydroxylation is 1. The number of nitrogens with zero attached hydrogens (tertiary/aromatic N) is 1. The van der Waals surface area contributed by atoms with Gasteiger partial charge in [0.1, 0.15) is 5.82 Å². The van der Waals surface area contributed by atoms with Crippen LogP contribution in [0.25, 0.3) is 0 Å². The van der Waals surface area contributed by atoms with E-state index in [1.807, 2.05) is 37.1 Å². The van der Waals surface area contributed by atoms with Crippen molar-refractivity contribution < 1.29 is 4.39 Å². The highest BCUT2D eigenvalue weighted by molar-refractivity contribution is 6.17. The molecule has 0 saturated carbocycles. The summed E-state index contributed by atoms with van der Waals surface area (Å²) >= 11 is 5.81. The predicted molar refractivity (Wildman–Crippen MR) is 75.2 cm³/mol. The Morgan fingerprint density at radius 2 is 1.94 bits per heavy atom. The van der Waals surface area contributed by atoms with Gasteiger partial charge < -0.3 is 4.90 Å². The third-order valence-corrected chi connectivity index (χ3v) is 3.28. The molecule has 0 N–H and O–H groups in total. The molecule has 0 heterocycles. The van der Waals surface area contributed by atoms with Gasteiger partial charge in [0.2, 0.25) is 0 Å². The zero-order valence-corrected chi connectivity index (χ0v) is 11.2. The Morgan fingerprint density at radius 1 is 1.17 bits per heavy atom. The van der Waals surface area contributed by atoms with Crippen molar-refractivity contribution in [3.05, 3.63) is 59.4 Å². The third kappa shape index (κ3) is 2.65. The smallest absolute Gasteiger partial charge is 0.125 e. The van der Waals surface area contributed by atoms with Gasteiger partial charge in [-0.2, -0.15) is 0 Å². The van der Waals surface area contributed by atoms with Crippen LogP contribution >= 0.6 is 11.6 Å². The van der Waals surface area contributed by atoms with Gasteiger partial charge in [-0.25, -0.2) is 4.39 Å². The second kappa shape index (κ2) is 5.40. The molecule has 0 amide bonds. The highest BCUT2D eigenvalue weighted by atomic mass is 35.5. The van der Waals surface area contributed by atoms with Gasteiger partial charge >= 0.3 is 0 Å². The number of halogens is 2. The van der Waals surface area contributed by atoms with Crippen molar-refractivity contribution >= 4 is 23.0 Å². The minimum atomic E-state index is -0.227. The molecule has 0 aliphatic heterocycles. The molecular formula is C15H15ClFN. The lowest BCUT2D eigenvalue weighted by Crippen LogP contribution is -2.11. The van der Waals surface area contributed by atoms with Crippen molar-refractivity contribution in [2.75, 3.05) is 11.9 Å². The number of anilines is 2. The third-order valence-electron chi connectivity index (χ3n) is 2.97. The van der Waals surface area contributed by atoms with Crippen LogP contribution in [0.1, 0.15) is 11.1 Å². The maximum absolute atomic E-state index is 13.2. The van der Waals surface area contributed by atoms with E-state index in [0.717, 1.165) is 22.5 Å². The fraction of sp³-hybridized carbons (Fsp3) is 0.200. The average molecular weight is 264 g/mol. The van der Waals surface area contributed by atoms with Crippen molar-refractivity contribution in [3.63, 3.8) is 0 Å². The lowest BCUT2D eigenvalue weighted by molar-refractivity contribution is 0.628. The van der Waals surface area contributed by atoms with E-state index in [4.69, 9.17) is 11.6 Å². The predicted octanol–water partition coefficient (Wildman–Crippen LogP) is 4.64. The van der Waals surface area contributed by atoms with E-state index >= 15 is 0 Å². The van der Waals surface area contributed by atoms with Gasteiger partial charge in [-0.15, -0.1) is 11.6 Å². The summed E-state index contributed by atoms with van der Waals surface area (Å²) < 4.78 is 13.2. The van der Waals surface area contributed by atoms with Gasteiger partial charge in [-0.05, 0) is 42.3 Å². The van der Waals surface area contributed by atoms with Crippen LogP contribution in [0.5, 0.6) is 0 Å². The van der Waals surface area contributed by atoms with E-state index in [1.165, 1.54) is 12.1 Å². The Hall–Kier alpha value is -1.54. The van der Waals surface area contributed by atoms with Crippen LogP contribution in [0, 0.1) is 12.7 Å². The molecule has 0 radical (unpaired) electrons. The first-order chi connectivity index (χ1) is 8.61. The number of hydrogen-bond donors (Lipinski definition) is 0. The maximum atomic E-state index is 13.2. The molecule has 2 aromatic carbocycles. The molecule has 0 fully saturated rings. The maximum Gasteiger partial charge on any atom is 0.125 e. The summed E-state index contributed by atoms with van der Waals surface area (Å²) in [6, 6.07) is 12.6. The van der Waals surface area contributed by atoms with E-state index in [2.05, 4.69) is 6.07 Å². The molecule has 2 rings (SSSR count). The second-order valence-corrected chi connectivity index (χ2v) is 4.56. The highest BCUT2D eigenvalue weighted by Crippen LogP contribution is 2.28. The number of hydrogen-bond acceptors (Lipinski definition) is 1. The van der Waals surface area contributed by atoms with Gasteiger partial charge in [-0.3, -0.25) is 0 Å². The first-order valence-corrected chi connectivity index (χ1v) is 6.30. The second-order valence-electron chi connectivity index (χ2n) is 4.29. The summed E-state index contributed by atoms with van der Waals surface area (Å²) in [5.41, 5.74) is 4.09. The first-order valence-electron chi connectivity index (χ1n) is 5.76. The largest absolute Gasteiger partial charge is 0.344 e. The Kier molecular flexibility index (Phi) is 3.87. The Balaban J connectivity index is 2.37. The van der Waals surface area contributed by atoms with E-state index in [1.54, 1.807) is 6.07 Å². The highest BCUT2D eigenvalue weighted by Gasteiger charge is 2.08. The molecule has 0 aliphatic rings. The van der Waals surface area contributed by atoms with Crippen molar-refractivity contribution in [1.82, 2.24) is 0 Å². The molecule has 0 saturated heterocycles. The zero-order chi connectivity index (χ0) is 13.1. The quantitative estimate of drug-likeness (QED) is 0.729. The minimum Gasteiger partial charge on any atom is -0.344 e. The van der Waals surface area contributed by atoms with Gasteiger partial charge in [-0.1, -0.05) is 18.2 Å². The summed E-state index contributed by atoms with van der Waals surface area (Å²) in [5.74, 6) is 0.277. The molecule has 0 aromatic heterocycles. The topological polar surface area (TPSA) is 3.24 Å². The van der Waals surface area contributed by atoms with Crippen molar-refractivity contribution in [2.24, 2.45) is 0 Å². The molecule has 1 nitrogen and oxygen atoms in total. The molecule has 0 spiro atoms. The Labute approximate surface area is 112 Å². The van der Waals surface area contributed by atoms with Crippen LogP contribution in [-0.2, 0) is 5.88 Å². The lowest BCUT2D eigenvalue weighted by atomic mass is 10.1. The lowest BCUT2D eigenvalue weighted by Gasteiger charge is -2.22. The minimum absolute atomic E-state index is 0.227. The van der Waals surface area contributed by atoms with E-state index in [-0.39, 0.29) is 5.82 Å². The van der Waals surface area contributed by atoms with Gasteiger partial charge in [0.15, 0.2) is 0 Å². The summed E-state index contributed by atoms with van der Waals surface area (Å²) in [5, 5.41) is 0. The van der Waals surface area contributed by atoms with Crippen LogP contribution in [0.3, 0.4) is 0 Å². The molecule has 0 bridgehead atoms. The van der Waals surface area contributed by atoms with Crippen LogP contribution in [0.4, 0.5) is 15.8 Å². The molecule has 0 atom stereocenters. The summed E-state index contributed by atoms with van der Waals surface area (Å²) in [6.45, 7) is 2.03. The standard InChI is InChI=1S/C15H15ClFN/c1-11-8-12(10-16)6-7-15(11)18(2)14-5-3-4-13(17)9-14/h3-9H,10H2,1-2H3. The Morgan fingerprint density at radius 3 is 2.56 bits per heavy atom. The van der Waals surface area contributed by atoms with Crippen LogP contribution in [0.2, 0.25) is 0 Å². The van der Waals surface area contributed by atoms with Gasteiger partial charge in [0.25, 0.3) is 0 Å². The summed E-state index contributed by atoms with van der Waals surface area (Å²) in [4.78, 5) is 1.97. The monoisotopic (exact) mass is 263 g/mol. The SMILES string of the molecule is Cc1cc(CCl)ccc1N(C)c1cccc(F)c1. The molecule has 94 valence electrons. The number of alkyl halides is 1. The molecular weight excluding hydrogens is 249 g/mol. The van der Waals surface area contributed by atoms with Gasteiger partial charge in [0.05, 0.1) is 0 Å². The summed E-state index contributed by atoms with van der Waals surface area (Å²) in [7, 11) is 1.93. The molecule has 18 heavy (non-hydrogen) atoms. The fourth-order valence-electron chi connectivity index (χ4n) is 2.00. The van der Waals surface area contributed by atoms with E-state index in [9.17, 15) is 4.39 Å². The zero-order valence-electron chi connectivity index (χ0n) is 10.5. The molecule has 2 aromatic rings. The average Bonchev–Trinajstić information content (AvgIpc) is 2.37. The van der Waals surface area contributed by atoms with Crippen molar-refractivity contribution in [1.29, 1.82) is 0 Å². The van der Waals surface area contributed by atoms with Crippen LogP contribution in [-0.4, -0.2) is 7.05 Å². The normalized spacial score (nSPS) is 10.4. The van der Waals surface area contributed by atoms with Crippen LogP contribution < -0.4 is 4.90 Å². The Bertz CT molecular complexity index is 554. The first kappa shape index (κ1) is 12.9. The molecule has 0 unspecified atom stereocenters. The van der Waals surface area contributed by atoms with E-state index < -0.39 is 0 Å². The van der Waals surface area contributed by atoms with Gasteiger partial charge in [0, 0.05) is 24.3 Å². The molecule has 0 aliphatic carbocycles. The van der Waals surface area contributed by atoms with Crippen LogP contribution in [0.15, 0.2) is 42.5 Å². The summed E-state index contributed by atoms with van der Waals surface area (Å²) in [6.07, 6.45) is 0. The fourth-order valence-corrected chi connectivity index (χ4v) is 2.17. The van der Waals surface area contributed by atoms with Crippen molar-refractivity contribution in [3.8, 4) is 0 Å². The number of rotatable bonds is 3.